The molecular formula is C8H10ClN3. The molecule has 0 radical (unpaired) electrons. The zero-order chi connectivity index (χ0) is 8.55. The van der Waals surface area contributed by atoms with Crippen molar-refractivity contribution in [3.05, 3.63) is 17.3 Å². The van der Waals surface area contributed by atoms with Gasteiger partial charge in [-0.25, -0.2) is 4.98 Å². The van der Waals surface area contributed by atoms with Crippen LogP contribution in [-0.4, -0.2) is 18.1 Å². The Labute approximate surface area is 76.1 Å². The number of hydrogen-bond acceptors (Lipinski definition) is 3. The second-order valence-electron chi connectivity index (χ2n) is 2.91. The van der Waals surface area contributed by atoms with E-state index < -0.39 is 0 Å². The van der Waals surface area contributed by atoms with Crippen molar-refractivity contribution >= 4 is 23.1 Å². The molecule has 2 N–H and O–H groups in total. The van der Waals surface area contributed by atoms with Crippen molar-refractivity contribution in [1.29, 1.82) is 0 Å². The summed E-state index contributed by atoms with van der Waals surface area (Å²) in [5.74, 6) is 0.858. The summed E-state index contributed by atoms with van der Waals surface area (Å²) in [6, 6.07) is 1.74. The Morgan fingerprint density at radius 1 is 1.50 bits per heavy atom. The monoisotopic (exact) mass is 183 g/mol. The van der Waals surface area contributed by atoms with Crippen molar-refractivity contribution in [1.82, 2.24) is 4.98 Å². The summed E-state index contributed by atoms with van der Waals surface area (Å²) < 4.78 is 0. The van der Waals surface area contributed by atoms with Crippen LogP contribution in [0.2, 0.25) is 5.02 Å². The molecule has 0 aliphatic carbocycles. The fraction of sp³-hybridized carbons (Fsp3) is 0.375. The molecule has 12 heavy (non-hydrogen) atoms. The van der Waals surface area contributed by atoms with Crippen LogP contribution in [0, 0.1) is 0 Å². The molecule has 0 amide bonds. The van der Waals surface area contributed by atoms with Gasteiger partial charge in [0.25, 0.3) is 0 Å². The molecule has 1 fully saturated rings. The Kier molecular flexibility index (Phi) is 1.81. The third kappa shape index (κ3) is 1.20. The molecule has 0 saturated carbocycles. The molecule has 1 aliphatic heterocycles. The predicted molar refractivity (Wildman–Crippen MR) is 50.5 cm³/mol. The normalized spacial score (nSPS) is 15.9. The minimum Gasteiger partial charge on any atom is -0.397 e. The van der Waals surface area contributed by atoms with E-state index in [9.17, 15) is 0 Å². The van der Waals surface area contributed by atoms with Gasteiger partial charge in [-0.15, -0.1) is 0 Å². The summed E-state index contributed by atoms with van der Waals surface area (Å²) in [5, 5.41) is 0.648. The lowest BCUT2D eigenvalue weighted by Crippen LogP contribution is -2.37. The Morgan fingerprint density at radius 3 is 2.75 bits per heavy atom. The standard InChI is InChI=1S/C8H10ClN3/c9-7-4-6(10)5-11-8(7)12-2-1-3-12/h4-5H,1-3,10H2. The van der Waals surface area contributed by atoms with Gasteiger partial charge in [0.05, 0.1) is 16.9 Å². The van der Waals surface area contributed by atoms with E-state index in [1.807, 2.05) is 0 Å². The number of aromatic nitrogens is 1. The molecule has 64 valence electrons. The summed E-state index contributed by atoms with van der Waals surface area (Å²) in [6.07, 6.45) is 2.86. The highest BCUT2D eigenvalue weighted by atomic mass is 35.5. The highest BCUT2D eigenvalue weighted by Gasteiger charge is 2.18. The topological polar surface area (TPSA) is 42.1 Å². The van der Waals surface area contributed by atoms with Crippen LogP contribution < -0.4 is 10.6 Å². The molecule has 1 saturated heterocycles. The van der Waals surface area contributed by atoms with Crippen LogP contribution in [0.3, 0.4) is 0 Å². The van der Waals surface area contributed by atoms with Crippen molar-refractivity contribution in [2.24, 2.45) is 0 Å². The predicted octanol–water partition coefficient (Wildman–Crippen LogP) is 1.53. The second kappa shape index (κ2) is 2.83. The number of nitrogen functional groups attached to an aromatic ring is 1. The molecule has 0 bridgehead atoms. The van der Waals surface area contributed by atoms with E-state index >= 15 is 0 Å². The Balaban J connectivity index is 2.31. The number of rotatable bonds is 1. The maximum absolute atomic E-state index is 5.95. The molecule has 2 rings (SSSR count). The molecule has 0 atom stereocenters. The van der Waals surface area contributed by atoms with Crippen LogP contribution in [0.15, 0.2) is 12.3 Å². The van der Waals surface area contributed by atoms with Gasteiger partial charge in [-0.1, -0.05) is 11.6 Å². The van der Waals surface area contributed by atoms with Gasteiger partial charge >= 0.3 is 0 Å². The maximum atomic E-state index is 5.95. The number of pyridine rings is 1. The van der Waals surface area contributed by atoms with Crippen LogP contribution in [0.5, 0.6) is 0 Å². The lowest BCUT2D eigenvalue weighted by molar-refractivity contribution is 0.610. The van der Waals surface area contributed by atoms with Gasteiger partial charge in [0.2, 0.25) is 0 Å². The second-order valence-corrected chi connectivity index (χ2v) is 3.32. The first kappa shape index (κ1) is 7.68. The van der Waals surface area contributed by atoms with E-state index in [0.29, 0.717) is 10.7 Å². The summed E-state index contributed by atoms with van der Waals surface area (Å²) in [7, 11) is 0. The number of halogens is 1. The summed E-state index contributed by atoms with van der Waals surface area (Å²) in [5.41, 5.74) is 6.14. The molecule has 3 nitrogen and oxygen atoms in total. The molecule has 1 aromatic heterocycles. The summed E-state index contributed by atoms with van der Waals surface area (Å²) in [6.45, 7) is 2.10. The van der Waals surface area contributed by atoms with Crippen LogP contribution in [0.25, 0.3) is 0 Å². The quantitative estimate of drug-likeness (QED) is 0.718. The number of nitrogens with two attached hydrogens (primary N) is 1. The lowest BCUT2D eigenvalue weighted by atomic mass is 10.2. The first-order valence-corrected chi connectivity index (χ1v) is 4.31. The summed E-state index contributed by atoms with van der Waals surface area (Å²) in [4.78, 5) is 6.31. The number of anilines is 2. The molecule has 0 unspecified atom stereocenters. The molecule has 1 aromatic rings. The zero-order valence-corrected chi connectivity index (χ0v) is 7.38. The van der Waals surface area contributed by atoms with Gasteiger partial charge in [0, 0.05) is 13.1 Å². The van der Waals surface area contributed by atoms with Crippen LogP contribution >= 0.6 is 11.6 Å². The lowest BCUT2D eigenvalue weighted by Gasteiger charge is -2.32. The smallest absolute Gasteiger partial charge is 0.147 e. The first-order chi connectivity index (χ1) is 5.77. The molecule has 0 aromatic carbocycles. The molecule has 4 heteroatoms. The van der Waals surface area contributed by atoms with E-state index in [0.717, 1.165) is 18.9 Å². The van der Waals surface area contributed by atoms with Gasteiger partial charge in [0.1, 0.15) is 5.82 Å². The van der Waals surface area contributed by atoms with E-state index in [1.165, 1.54) is 6.42 Å². The van der Waals surface area contributed by atoms with Gasteiger partial charge in [-0.3, -0.25) is 0 Å². The minimum atomic E-state index is 0.615. The molecular weight excluding hydrogens is 174 g/mol. The van der Waals surface area contributed by atoms with Gasteiger partial charge < -0.3 is 10.6 Å². The van der Waals surface area contributed by atoms with E-state index in [4.69, 9.17) is 17.3 Å². The van der Waals surface area contributed by atoms with Crippen molar-refractivity contribution < 1.29 is 0 Å². The van der Waals surface area contributed by atoms with Crippen LogP contribution in [-0.2, 0) is 0 Å². The average molecular weight is 184 g/mol. The summed E-state index contributed by atoms with van der Waals surface area (Å²) >= 11 is 5.95. The van der Waals surface area contributed by atoms with Gasteiger partial charge in [-0.05, 0) is 12.5 Å². The molecule has 0 spiro atoms. The van der Waals surface area contributed by atoms with Gasteiger partial charge in [-0.2, -0.15) is 0 Å². The number of hydrogen-bond donors (Lipinski definition) is 1. The van der Waals surface area contributed by atoms with Crippen molar-refractivity contribution in [3.8, 4) is 0 Å². The van der Waals surface area contributed by atoms with Crippen molar-refractivity contribution in [2.45, 2.75) is 6.42 Å². The maximum Gasteiger partial charge on any atom is 0.147 e. The highest BCUT2D eigenvalue weighted by Crippen LogP contribution is 2.27. The Morgan fingerprint density at radius 2 is 2.25 bits per heavy atom. The third-order valence-electron chi connectivity index (χ3n) is 2.00. The third-order valence-corrected chi connectivity index (χ3v) is 2.28. The largest absolute Gasteiger partial charge is 0.397 e. The minimum absolute atomic E-state index is 0.615. The first-order valence-electron chi connectivity index (χ1n) is 3.93. The van der Waals surface area contributed by atoms with E-state index in [2.05, 4.69) is 9.88 Å². The molecule has 2 heterocycles. The van der Waals surface area contributed by atoms with Crippen molar-refractivity contribution in [2.75, 3.05) is 23.7 Å². The van der Waals surface area contributed by atoms with Crippen molar-refractivity contribution in [3.63, 3.8) is 0 Å². The zero-order valence-electron chi connectivity index (χ0n) is 6.63. The Hall–Kier alpha value is -0.960. The van der Waals surface area contributed by atoms with E-state index in [-0.39, 0.29) is 0 Å². The highest BCUT2D eigenvalue weighted by molar-refractivity contribution is 6.33. The Bertz CT molecular complexity index is 296. The average Bonchev–Trinajstić information content (AvgIpc) is 1.91. The van der Waals surface area contributed by atoms with Crippen LogP contribution in [0.4, 0.5) is 11.5 Å². The molecule has 1 aliphatic rings. The van der Waals surface area contributed by atoms with Crippen LogP contribution in [0.1, 0.15) is 6.42 Å². The van der Waals surface area contributed by atoms with Gasteiger partial charge in [0.15, 0.2) is 0 Å². The number of nitrogens with zero attached hydrogens (tertiary/aromatic N) is 2. The fourth-order valence-corrected chi connectivity index (χ4v) is 1.50. The fourth-order valence-electron chi connectivity index (χ4n) is 1.21. The van der Waals surface area contributed by atoms with E-state index in [1.54, 1.807) is 12.3 Å². The SMILES string of the molecule is Nc1cnc(N2CCC2)c(Cl)c1.